The van der Waals surface area contributed by atoms with E-state index in [0.29, 0.717) is 11.7 Å². The van der Waals surface area contributed by atoms with Crippen LogP contribution in [0.3, 0.4) is 0 Å². The number of ether oxygens (including phenoxy) is 1. The summed E-state index contributed by atoms with van der Waals surface area (Å²) in [4.78, 5) is 0. The van der Waals surface area contributed by atoms with Gasteiger partial charge in [-0.15, -0.1) is 0 Å². The van der Waals surface area contributed by atoms with Crippen LogP contribution in [0.5, 0.6) is 5.75 Å². The maximum Gasteiger partial charge on any atom is 0.171 e. The van der Waals surface area contributed by atoms with E-state index in [9.17, 15) is 0 Å². The highest BCUT2D eigenvalue weighted by Crippen LogP contribution is 2.16. The third-order valence-corrected chi connectivity index (χ3v) is 3.35. The maximum absolute atomic E-state index is 5.44. The van der Waals surface area contributed by atoms with Crippen molar-refractivity contribution in [2.45, 2.75) is 13.0 Å². The lowest BCUT2D eigenvalue weighted by molar-refractivity contribution is 0.363. The first-order chi connectivity index (χ1) is 10.7. The second kappa shape index (κ2) is 8.20. The summed E-state index contributed by atoms with van der Waals surface area (Å²) in [5.41, 5.74) is 2.11. The van der Waals surface area contributed by atoms with Crippen molar-refractivity contribution < 1.29 is 4.74 Å². The lowest BCUT2D eigenvalue weighted by Gasteiger charge is -2.17. The van der Waals surface area contributed by atoms with Crippen molar-refractivity contribution in [2.75, 3.05) is 11.9 Å². The maximum atomic E-state index is 5.44. The largest absolute Gasteiger partial charge is 0.490 e. The lowest BCUT2D eigenvalue weighted by Crippen LogP contribution is -2.30. The Morgan fingerprint density at radius 1 is 1.18 bits per heavy atom. The summed E-state index contributed by atoms with van der Waals surface area (Å²) >= 11 is 5.35. The zero-order valence-electron chi connectivity index (χ0n) is 12.6. The number of hydrogen-bond acceptors (Lipinski definition) is 2. The van der Waals surface area contributed by atoms with Gasteiger partial charge >= 0.3 is 0 Å². The van der Waals surface area contributed by atoms with Crippen LogP contribution < -0.4 is 15.4 Å². The molecule has 4 heteroatoms. The predicted molar refractivity (Wildman–Crippen MR) is 96.3 cm³/mol. The summed E-state index contributed by atoms with van der Waals surface area (Å²) in [6.07, 6.45) is 1.72. The third-order valence-electron chi connectivity index (χ3n) is 3.13. The lowest BCUT2D eigenvalue weighted by atomic mass is 10.1. The van der Waals surface area contributed by atoms with Gasteiger partial charge in [0.1, 0.15) is 12.4 Å². The second-order valence-corrected chi connectivity index (χ2v) is 5.26. The third kappa shape index (κ3) is 4.90. The highest BCUT2D eigenvalue weighted by atomic mass is 32.1. The summed E-state index contributed by atoms with van der Waals surface area (Å²) < 4.78 is 5.44. The van der Waals surface area contributed by atoms with E-state index in [4.69, 9.17) is 17.0 Å². The molecule has 1 atom stereocenters. The van der Waals surface area contributed by atoms with Gasteiger partial charge in [0, 0.05) is 5.69 Å². The molecule has 0 aliphatic rings. The zero-order chi connectivity index (χ0) is 15.8. The highest BCUT2D eigenvalue weighted by molar-refractivity contribution is 7.80. The monoisotopic (exact) mass is 312 g/mol. The Morgan fingerprint density at radius 2 is 1.86 bits per heavy atom. The molecule has 2 aromatic carbocycles. The Hall–Kier alpha value is -2.33. The van der Waals surface area contributed by atoms with Gasteiger partial charge in [0.2, 0.25) is 0 Å². The van der Waals surface area contributed by atoms with Crippen LogP contribution >= 0.6 is 12.2 Å². The van der Waals surface area contributed by atoms with E-state index < -0.39 is 0 Å². The normalized spacial score (nSPS) is 11.3. The first-order valence-electron chi connectivity index (χ1n) is 7.15. The minimum Gasteiger partial charge on any atom is -0.490 e. The van der Waals surface area contributed by atoms with E-state index in [1.54, 1.807) is 6.08 Å². The Morgan fingerprint density at radius 3 is 2.50 bits per heavy atom. The van der Waals surface area contributed by atoms with Gasteiger partial charge in [0.25, 0.3) is 0 Å². The molecular weight excluding hydrogens is 292 g/mol. The van der Waals surface area contributed by atoms with Crippen molar-refractivity contribution in [1.29, 1.82) is 0 Å². The van der Waals surface area contributed by atoms with Crippen molar-refractivity contribution in [1.82, 2.24) is 5.32 Å². The van der Waals surface area contributed by atoms with Gasteiger partial charge in [0.15, 0.2) is 5.11 Å². The number of benzene rings is 2. The van der Waals surface area contributed by atoms with Gasteiger partial charge in [-0.05, 0) is 49.0 Å². The number of rotatable bonds is 6. The van der Waals surface area contributed by atoms with E-state index in [1.165, 1.54) is 5.56 Å². The molecule has 0 aliphatic carbocycles. The molecule has 0 unspecified atom stereocenters. The summed E-state index contributed by atoms with van der Waals surface area (Å²) in [5.74, 6) is 0.807. The molecule has 114 valence electrons. The van der Waals surface area contributed by atoms with Gasteiger partial charge in [-0.2, -0.15) is 0 Å². The van der Waals surface area contributed by atoms with Crippen molar-refractivity contribution >= 4 is 23.0 Å². The standard InChI is InChI=1S/C18H20N2OS/c1-3-13-21-17-11-9-16(10-12-17)20-18(22)19-14(2)15-7-5-4-6-8-15/h3-12,14H,1,13H2,2H3,(H2,19,20,22)/t14-/m1/s1. The fourth-order valence-corrected chi connectivity index (χ4v) is 2.27. The summed E-state index contributed by atoms with van der Waals surface area (Å²) in [7, 11) is 0. The van der Waals surface area contributed by atoms with E-state index in [0.717, 1.165) is 11.4 Å². The van der Waals surface area contributed by atoms with E-state index in [-0.39, 0.29) is 6.04 Å². The molecule has 3 nitrogen and oxygen atoms in total. The number of thiocarbonyl (C=S) groups is 1. The van der Waals surface area contributed by atoms with Crippen LogP contribution in [0.1, 0.15) is 18.5 Å². The molecule has 0 aromatic heterocycles. The van der Waals surface area contributed by atoms with Crippen LogP contribution in [0.2, 0.25) is 0 Å². The van der Waals surface area contributed by atoms with Gasteiger partial charge in [0.05, 0.1) is 6.04 Å². The number of anilines is 1. The second-order valence-electron chi connectivity index (χ2n) is 4.85. The Labute approximate surface area is 137 Å². The minimum absolute atomic E-state index is 0.149. The molecule has 0 aliphatic heterocycles. The van der Waals surface area contributed by atoms with E-state index in [2.05, 4.69) is 36.3 Å². The van der Waals surface area contributed by atoms with Crippen molar-refractivity contribution in [3.05, 3.63) is 72.8 Å². The van der Waals surface area contributed by atoms with Crippen LogP contribution in [0.25, 0.3) is 0 Å². The van der Waals surface area contributed by atoms with Gasteiger partial charge < -0.3 is 15.4 Å². The Bertz CT molecular complexity index is 611. The van der Waals surface area contributed by atoms with Crippen molar-refractivity contribution in [3.63, 3.8) is 0 Å². The van der Waals surface area contributed by atoms with Crippen LogP contribution in [-0.4, -0.2) is 11.7 Å². The molecule has 2 N–H and O–H groups in total. The summed E-state index contributed by atoms with van der Waals surface area (Å²) in [6, 6.07) is 18.0. The van der Waals surface area contributed by atoms with E-state index in [1.807, 2.05) is 42.5 Å². The average molecular weight is 312 g/mol. The molecule has 0 saturated carbocycles. The minimum atomic E-state index is 0.149. The smallest absolute Gasteiger partial charge is 0.171 e. The highest BCUT2D eigenvalue weighted by Gasteiger charge is 2.06. The van der Waals surface area contributed by atoms with Gasteiger partial charge in [-0.25, -0.2) is 0 Å². The van der Waals surface area contributed by atoms with Crippen LogP contribution in [0.4, 0.5) is 5.69 Å². The fourth-order valence-electron chi connectivity index (χ4n) is 1.98. The SMILES string of the molecule is C=CCOc1ccc(NC(=S)N[C@H](C)c2ccccc2)cc1. The van der Waals surface area contributed by atoms with Crippen molar-refractivity contribution in [3.8, 4) is 5.75 Å². The first-order valence-corrected chi connectivity index (χ1v) is 7.56. The van der Waals surface area contributed by atoms with Crippen LogP contribution in [0.15, 0.2) is 67.3 Å². The fraction of sp³-hybridized carbons (Fsp3) is 0.167. The first kappa shape index (κ1) is 16.0. The molecule has 0 bridgehead atoms. The van der Waals surface area contributed by atoms with E-state index >= 15 is 0 Å². The Balaban J connectivity index is 1.87. The van der Waals surface area contributed by atoms with Gasteiger partial charge in [-0.1, -0.05) is 43.0 Å². The van der Waals surface area contributed by atoms with Crippen LogP contribution in [-0.2, 0) is 0 Å². The molecule has 0 amide bonds. The molecule has 22 heavy (non-hydrogen) atoms. The molecule has 0 heterocycles. The number of nitrogens with one attached hydrogen (secondary N) is 2. The predicted octanol–water partition coefficient (Wildman–Crippen LogP) is 4.30. The summed E-state index contributed by atoms with van der Waals surface area (Å²) in [6.45, 7) is 6.20. The molecule has 2 rings (SSSR count). The quantitative estimate of drug-likeness (QED) is 0.615. The van der Waals surface area contributed by atoms with Crippen molar-refractivity contribution in [2.24, 2.45) is 0 Å². The average Bonchev–Trinajstić information content (AvgIpc) is 2.55. The Kier molecular flexibility index (Phi) is 5.98. The molecule has 0 spiro atoms. The van der Waals surface area contributed by atoms with Gasteiger partial charge in [-0.3, -0.25) is 0 Å². The molecule has 0 fully saturated rings. The molecule has 0 saturated heterocycles. The zero-order valence-corrected chi connectivity index (χ0v) is 13.4. The number of hydrogen-bond donors (Lipinski definition) is 2. The van der Waals surface area contributed by atoms with Crippen LogP contribution in [0, 0.1) is 0 Å². The topological polar surface area (TPSA) is 33.3 Å². The molecule has 0 radical (unpaired) electrons. The molecule has 2 aromatic rings. The molecular formula is C18H20N2OS. The summed E-state index contributed by atoms with van der Waals surface area (Å²) in [5, 5.41) is 7.03.